The third-order valence-electron chi connectivity index (χ3n) is 2.92. The van der Waals surface area contributed by atoms with Crippen molar-refractivity contribution in [2.75, 3.05) is 39.8 Å². The Hall–Kier alpha value is -1.12. The van der Waals surface area contributed by atoms with E-state index in [0.717, 1.165) is 32.6 Å². The first kappa shape index (κ1) is 12.9. The molecule has 0 spiro atoms. The lowest BCUT2D eigenvalue weighted by molar-refractivity contribution is -0.132. The lowest BCUT2D eigenvalue weighted by Crippen LogP contribution is -2.50. The van der Waals surface area contributed by atoms with Crippen molar-refractivity contribution in [3.63, 3.8) is 0 Å². The van der Waals surface area contributed by atoms with Crippen LogP contribution in [0.25, 0.3) is 0 Å². The lowest BCUT2D eigenvalue weighted by Gasteiger charge is -2.30. The van der Waals surface area contributed by atoms with Crippen LogP contribution < -0.4 is 5.32 Å². The third kappa shape index (κ3) is 3.47. The Labute approximate surface area is 97.0 Å². The Morgan fingerprint density at radius 1 is 1.56 bits per heavy atom. The van der Waals surface area contributed by atoms with E-state index in [1.807, 2.05) is 23.8 Å². The van der Waals surface area contributed by atoms with E-state index >= 15 is 0 Å². The average Bonchev–Trinajstić information content (AvgIpc) is 2.31. The van der Waals surface area contributed by atoms with Crippen LogP contribution in [-0.4, -0.2) is 61.5 Å². The van der Waals surface area contributed by atoms with Crippen molar-refractivity contribution < 1.29 is 4.79 Å². The van der Waals surface area contributed by atoms with Gasteiger partial charge < -0.3 is 10.2 Å². The number of likely N-dealkylation sites (N-methyl/N-ethyl adjacent to an activating group) is 1. The zero-order valence-electron chi connectivity index (χ0n) is 10.1. The van der Waals surface area contributed by atoms with Crippen molar-refractivity contribution in [3.8, 4) is 6.07 Å². The van der Waals surface area contributed by atoms with Gasteiger partial charge in [0.05, 0.1) is 18.7 Å². The first-order valence-electron chi connectivity index (χ1n) is 5.77. The van der Waals surface area contributed by atoms with Crippen LogP contribution in [0.5, 0.6) is 0 Å². The summed E-state index contributed by atoms with van der Waals surface area (Å²) in [5, 5.41) is 12.1. The number of nitrogens with one attached hydrogen (secondary N) is 1. The van der Waals surface area contributed by atoms with E-state index in [4.69, 9.17) is 5.26 Å². The molecule has 1 unspecified atom stereocenters. The highest BCUT2D eigenvalue weighted by atomic mass is 16.2. The van der Waals surface area contributed by atoms with E-state index in [1.165, 1.54) is 0 Å². The summed E-state index contributed by atoms with van der Waals surface area (Å²) in [6.45, 7) is 5.58. The SMILES string of the molecule is CCC(C#N)N(C)CC(=O)N1CCNCC1. The van der Waals surface area contributed by atoms with E-state index in [-0.39, 0.29) is 11.9 Å². The van der Waals surface area contributed by atoms with Crippen LogP contribution in [0.3, 0.4) is 0 Å². The molecule has 0 saturated carbocycles. The maximum absolute atomic E-state index is 11.9. The Kier molecular flexibility index (Phi) is 5.23. The van der Waals surface area contributed by atoms with Gasteiger partial charge in [-0.1, -0.05) is 6.92 Å². The summed E-state index contributed by atoms with van der Waals surface area (Å²) >= 11 is 0. The first-order valence-corrected chi connectivity index (χ1v) is 5.77. The van der Waals surface area contributed by atoms with E-state index in [1.54, 1.807) is 0 Å². The Bertz CT molecular complexity index is 268. The molecule has 90 valence electrons. The predicted molar refractivity (Wildman–Crippen MR) is 61.8 cm³/mol. The fourth-order valence-electron chi connectivity index (χ4n) is 1.84. The molecule has 1 N–H and O–H groups in total. The molecule has 0 aromatic carbocycles. The maximum atomic E-state index is 11.9. The molecule has 0 bridgehead atoms. The smallest absolute Gasteiger partial charge is 0.236 e. The van der Waals surface area contributed by atoms with Crippen molar-refractivity contribution in [2.45, 2.75) is 19.4 Å². The molecular formula is C11H20N4O. The van der Waals surface area contributed by atoms with E-state index in [2.05, 4.69) is 11.4 Å². The molecule has 5 nitrogen and oxygen atoms in total. The molecule has 0 aromatic rings. The van der Waals surface area contributed by atoms with Crippen LogP contribution in [0.1, 0.15) is 13.3 Å². The van der Waals surface area contributed by atoms with Crippen molar-refractivity contribution in [1.82, 2.24) is 15.1 Å². The van der Waals surface area contributed by atoms with Gasteiger partial charge in [-0.3, -0.25) is 9.69 Å². The highest BCUT2D eigenvalue weighted by Crippen LogP contribution is 2.02. The summed E-state index contributed by atoms with van der Waals surface area (Å²) < 4.78 is 0. The Morgan fingerprint density at radius 3 is 2.69 bits per heavy atom. The number of nitriles is 1. The molecule has 16 heavy (non-hydrogen) atoms. The number of hydrogen-bond acceptors (Lipinski definition) is 4. The largest absolute Gasteiger partial charge is 0.339 e. The van der Waals surface area contributed by atoms with Crippen molar-refractivity contribution in [1.29, 1.82) is 5.26 Å². The molecule has 1 rings (SSSR count). The predicted octanol–water partition coefficient (Wildman–Crippen LogP) is -0.348. The minimum Gasteiger partial charge on any atom is -0.339 e. The highest BCUT2D eigenvalue weighted by Gasteiger charge is 2.20. The fraction of sp³-hybridized carbons (Fsp3) is 0.818. The molecule has 1 fully saturated rings. The second-order valence-electron chi connectivity index (χ2n) is 4.10. The van der Waals surface area contributed by atoms with Gasteiger partial charge >= 0.3 is 0 Å². The van der Waals surface area contributed by atoms with Crippen LogP contribution in [0.2, 0.25) is 0 Å². The molecule has 0 radical (unpaired) electrons. The minimum atomic E-state index is -0.160. The second kappa shape index (κ2) is 6.46. The standard InChI is InChI=1S/C11H20N4O/c1-3-10(8-12)14(2)9-11(16)15-6-4-13-5-7-15/h10,13H,3-7,9H2,1-2H3. The quantitative estimate of drug-likeness (QED) is 0.709. The summed E-state index contributed by atoms with van der Waals surface area (Å²) in [5.41, 5.74) is 0. The molecule has 1 heterocycles. The maximum Gasteiger partial charge on any atom is 0.236 e. The zero-order valence-corrected chi connectivity index (χ0v) is 10.1. The van der Waals surface area contributed by atoms with Gasteiger partial charge in [0.2, 0.25) is 5.91 Å². The van der Waals surface area contributed by atoms with Gasteiger partial charge in [0.15, 0.2) is 0 Å². The minimum absolute atomic E-state index is 0.123. The van der Waals surface area contributed by atoms with Crippen LogP contribution >= 0.6 is 0 Å². The number of hydrogen-bond donors (Lipinski definition) is 1. The molecule has 1 saturated heterocycles. The Morgan fingerprint density at radius 2 is 2.19 bits per heavy atom. The second-order valence-corrected chi connectivity index (χ2v) is 4.10. The van der Waals surface area contributed by atoms with Gasteiger partial charge in [-0.2, -0.15) is 5.26 Å². The normalized spacial score (nSPS) is 18.2. The van der Waals surface area contributed by atoms with Gasteiger partial charge in [-0.25, -0.2) is 0 Å². The molecular weight excluding hydrogens is 204 g/mol. The third-order valence-corrected chi connectivity index (χ3v) is 2.92. The lowest BCUT2D eigenvalue weighted by atomic mass is 10.2. The van der Waals surface area contributed by atoms with Crippen molar-refractivity contribution in [3.05, 3.63) is 0 Å². The van der Waals surface area contributed by atoms with Crippen molar-refractivity contribution in [2.24, 2.45) is 0 Å². The number of carbonyl (C=O) groups excluding carboxylic acids is 1. The fourth-order valence-corrected chi connectivity index (χ4v) is 1.84. The molecule has 1 atom stereocenters. The molecule has 5 heteroatoms. The monoisotopic (exact) mass is 224 g/mol. The summed E-state index contributed by atoms with van der Waals surface area (Å²) in [4.78, 5) is 15.6. The highest BCUT2D eigenvalue weighted by molar-refractivity contribution is 5.78. The van der Waals surface area contributed by atoms with Gasteiger partial charge in [-0.15, -0.1) is 0 Å². The summed E-state index contributed by atoms with van der Waals surface area (Å²) in [5.74, 6) is 0.123. The van der Waals surface area contributed by atoms with Gasteiger partial charge in [0.1, 0.15) is 0 Å². The molecule has 1 amide bonds. The van der Waals surface area contributed by atoms with Crippen LogP contribution in [0.15, 0.2) is 0 Å². The zero-order chi connectivity index (χ0) is 12.0. The van der Waals surface area contributed by atoms with Crippen molar-refractivity contribution >= 4 is 5.91 Å². The van der Waals surface area contributed by atoms with Gasteiger partial charge in [0, 0.05) is 26.2 Å². The summed E-state index contributed by atoms with van der Waals surface area (Å²) in [7, 11) is 1.83. The molecule has 1 aliphatic rings. The average molecular weight is 224 g/mol. The van der Waals surface area contributed by atoms with Crippen LogP contribution in [0.4, 0.5) is 0 Å². The molecule has 0 aromatic heterocycles. The first-order chi connectivity index (χ1) is 7.69. The summed E-state index contributed by atoms with van der Waals surface area (Å²) in [6, 6.07) is 2.04. The topological polar surface area (TPSA) is 59.4 Å². The Balaban J connectivity index is 2.40. The number of nitrogens with zero attached hydrogens (tertiary/aromatic N) is 3. The number of carbonyl (C=O) groups is 1. The number of amides is 1. The number of piperazine rings is 1. The van der Waals surface area contributed by atoms with Gasteiger partial charge in [0.25, 0.3) is 0 Å². The molecule has 0 aliphatic carbocycles. The van der Waals surface area contributed by atoms with E-state index in [9.17, 15) is 4.79 Å². The summed E-state index contributed by atoms with van der Waals surface area (Å²) in [6.07, 6.45) is 0.752. The van der Waals surface area contributed by atoms with Gasteiger partial charge in [-0.05, 0) is 13.5 Å². The van der Waals surface area contributed by atoms with Crippen LogP contribution in [0, 0.1) is 11.3 Å². The van der Waals surface area contributed by atoms with E-state index < -0.39 is 0 Å². The number of rotatable bonds is 4. The van der Waals surface area contributed by atoms with Crippen LogP contribution in [-0.2, 0) is 4.79 Å². The molecule has 1 aliphatic heterocycles. The van der Waals surface area contributed by atoms with E-state index in [0.29, 0.717) is 6.54 Å².